The highest BCUT2D eigenvalue weighted by molar-refractivity contribution is 5.96. The first-order chi connectivity index (χ1) is 15.8. The number of allylic oxidation sites excluding steroid dienone is 2. The van der Waals surface area contributed by atoms with Crippen LogP contribution in [0.2, 0.25) is 0 Å². The number of ketones is 1. The first-order valence-electron chi connectivity index (χ1n) is 12.1. The van der Waals surface area contributed by atoms with Gasteiger partial charge in [-0.15, -0.1) is 0 Å². The third-order valence-corrected chi connectivity index (χ3v) is 9.20. The summed E-state index contributed by atoms with van der Waals surface area (Å²) in [5, 5.41) is 23.8. The number of carbonyl (C=O) groups is 3. The zero-order chi connectivity index (χ0) is 25.4. The highest BCUT2D eigenvalue weighted by Gasteiger charge is 2.77. The van der Waals surface area contributed by atoms with Crippen LogP contribution in [-0.4, -0.2) is 52.4 Å². The zero-order valence-corrected chi connectivity index (χ0v) is 21.0. The Morgan fingerprint density at radius 3 is 2.47 bits per heavy atom. The highest BCUT2D eigenvalue weighted by atomic mass is 16.6. The van der Waals surface area contributed by atoms with Crippen molar-refractivity contribution in [2.75, 3.05) is 6.61 Å². The van der Waals surface area contributed by atoms with Crippen LogP contribution in [0.4, 0.5) is 0 Å². The summed E-state index contributed by atoms with van der Waals surface area (Å²) in [6.07, 6.45) is 3.22. The summed E-state index contributed by atoms with van der Waals surface area (Å²) in [5.74, 6) is -1.94. The summed E-state index contributed by atoms with van der Waals surface area (Å²) in [6.45, 7) is 12.4. The number of esters is 2. The minimum absolute atomic E-state index is 0.0637. The number of carbonyl (C=O) groups excluding carboxylic acids is 3. The molecule has 0 aromatic carbocycles. The summed E-state index contributed by atoms with van der Waals surface area (Å²) in [6, 6.07) is 0. The van der Waals surface area contributed by atoms with Gasteiger partial charge >= 0.3 is 11.9 Å². The van der Waals surface area contributed by atoms with E-state index >= 15 is 0 Å². The van der Waals surface area contributed by atoms with Gasteiger partial charge in [0.25, 0.3) is 0 Å². The number of aliphatic hydroxyl groups is 2. The minimum atomic E-state index is -2.02. The van der Waals surface area contributed by atoms with Crippen molar-refractivity contribution < 1.29 is 34.1 Å². The molecule has 0 aromatic rings. The molecule has 0 aromatic heterocycles. The van der Waals surface area contributed by atoms with Gasteiger partial charge in [0.2, 0.25) is 0 Å². The fourth-order valence-corrected chi connectivity index (χ4v) is 7.18. The summed E-state index contributed by atoms with van der Waals surface area (Å²) < 4.78 is 11.1. The molecular weight excluding hydrogens is 436 g/mol. The average Bonchev–Trinajstić information content (AvgIpc) is 3.31. The first kappa shape index (κ1) is 24.9. The van der Waals surface area contributed by atoms with Crippen LogP contribution in [0.25, 0.3) is 0 Å². The number of hydrogen-bond acceptors (Lipinski definition) is 7. The Bertz CT molecular complexity index is 1040. The van der Waals surface area contributed by atoms with E-state index in [2.05, 4.69) is 0 Å². The monoisotopic (exact) mass is 472 g/mol. The van der Waals surface area contributed by atoms with Gasteiger partial charge in [0.1, 0.15) is 6.10 Å². The molecule has 0 radical (unpaired) electrons. The quantitative estimate of drug-likeness (QED) is 0.368. The van der Waals surface area contributed by atoms with E-state index in [1.165, 1.54) is 6.92 Å². The van der Waals surface area contributed by atoms with Crippen LogP contribution in [0.3, 0.4) is 0 Å². The van der Waals surface area contributed by atoms with E-state index in [0.717, 1.165) is 0 Å². The lowest BCUT2D eigenvalue weighted by Crippen LogP contribution is -2.65. The summed E-state index contributed by atoms with van der Waals surface area (Å²) >= 11 is 0. The van der Waals surface area contributed by atoms with E-state index in [-0.39, 0.29) is 41.5 Å². The van der Waals surface area contributed by atoms with Crippen molar-refractivity contribution in [1.82, 2.24) is 0 Å². The van der Waals surface area contributed by atoms with Crippen molar-refractivity contribution in [2.45, 2.75) is 72.7 Å². The molecule has 7 nitrogen and oxygen atoms in total. The highest BCUT2D eigenvalue weighted by Crippen LogP contribution is 2.72. The molecule has 4 aliphatic rings. The van der Waals surface area contributed by atoms with Gasteiger partial charge in [-0.1, -0.05) is 32.1 Å². The van der Waals surface area contributed by atoms with Gasteiger partial charge in [0.05, 0.1) is 12.0 Å². The number of ether oxygens (including phenoxy) is 2. The average molecular weight is 473 g/mol. The molecule has 0 amide bonds. The number of rotatable bonds is 4. The molecule has 9 atom stereocenters. The van der Waals surface area contributed by atoms with E-state index in [9.17, 15) is 24.6 Å². The number of aliphatic hydroxyl groups excluding tert-OH is 1. The molecule has 0 saturated heterocycles. The molecule has 2 N–H and O–H groups in total. The Morgan fingerprint density at radius 1 is 1.24 bits per heavy atom. The molecule has 4 aliphatic carbocycles. The van der Waals surface area contributed by atoms with Gasteiger partial charge in [-0.2, -0.15) is 0 Å². The van der Waals surface area contributed by atoms with E-state index in [1.807, 2.05) is 13.8 Å². The maximum absolute atomic E-state index is 14.4. The Morgan fingerprint density at radius 2 is 1.88 bits per heavy atom. The van der Waals surface area contributed by atoms with Gasteiger partial charge in [-0.05, 0) is 63.0 Å². The van der Waals surface area contributed by atoms with E-state index in [0.29, 0.717) is 23.1 Å². The molecule has 7 heteroatoms. The molecule has 1 spiro atoms. The fraction of sp³-hybridized carbons (Fsp3) is 0.667. The van der Waals surface area contributed by atoms with Crippen molar-refractivity contribution in [3.05, 3.63) is 34.9 Å². The van der Waals surface area contributed by atoms with E-state index in [1.54, 1.807) is 45.9 Å². The predicted molar refractivity (Wildman–Crippen MR) is 124 cm³/mol. The number of Topliss-reactive ketones (excluding diaryl/α,β-unsaturated/α-hetero) is 1. The van der Waals surface area contributed by atoms with Crippen LogP contribution in [0.5, 0.6) is 0 Å². The van der Waals surface area contributed by atoms with Gasteiger partial charge in [-0.3, -0.25) is 9.59 Å². The molecule has 0 heterocycles. The van der Waals surface area contributed by atoms with Crippen LogP contribution < -0.4 is 0 Å². The molecule has 2 bridgehead atoms. The summed E-state index contributed by atoms with van der Waals surface area (Å²) in [5.41, 5.74) is -2.35. The molecule has 0 unspecified atom stereocenters. The molecule has 2 saturated carbocycles. The van der Waals surface area contributed by atoms with Crippen molar-refractivity contribution in [2.24, 2.45) is 34.5 Å². The van der Waals surface area contributed by atoms with Gasteiger partial charge in [-0.25, -0.2) is 4.79 Å². The first-order valence-corrected chi connectivity index (χ1v) is 12.1. The second-order valence-corrected chi connectivity index (χ2v) is 11.1. The molecule has 2 fully saturated rings. The lowest BCUT2D eigenvalue weighted by molar-refractivity contribution is -0.201. The molecule has 34 heavy (non-hydrogen) atoms. The molecular formula is C27H36O7. The Hall–Kier alpha value is -2.25. The third-order valence-electron chi connectivity index (χ3n) is 9.20. The van der Waals surface area contributed by atoms with Gasteiger partial charge in [0.15, 0.2) is 17.5 Å². The third kappa shape index (κ3) is 3.05. The second kappa shape index (κ2) is 7.89. The Balaban J connectivity index is 1.82. The van der Waals surface area contributed by atoms with Crippen LogP contribution in [0.1, 0.15) is 54.9 Å². The predicted octanol–water partition coefficient (Wildman–Crippen LogP) is 2.90. The van der Waals surface area contributed by atoms with Crippen LogP contribution in [-0.2, 0) is 23.9 Å². The molecule has 186 valence electrons. The van der Waals surface area contributed by atoms with Gasteiger partial charge in [0, 0.05) is 23.8 Å². The zero-order valence-electron chi connectivity index (χ0n) is 21.0. The fourth-order valence-electron chi connectivity index (χ4n) is 7.18. The maximum atomic E-state index is 14.4. The van der Waals surface area contributed by atoms with E-state index in [4.69, 9.17) is 9.47 Å². The lowest BCUT2D eigenvalue weighted by Gasteiger charge is -2.48. The minimum Gasteiger partial charge on any atom is -0.465 e. The Kier molecular flexibility index (Phi) is 5.77. The largest absolute Gasteiger partial charge is 0.465 e. The van der Waals surface area contributed by atoms with Gasteiger partial charge < -0.3 is 19.7 Å². The lowest BCUT2D eigenvalue weighted by atomic mass is 9.59. The van der Waals surface area contributed by atoms with E-state index < -0.39 is 35.1 Å². The molecule has 4 rings (SSSR count). The number of hydrogen-bond donors (Lipinski definition) is 2. The second-order valence-electron chi connectivity index (χ2n) is 11.1. The standard InChI is InChI=1S/C27H36O7/c1-8-13(2)24(31)34-23-15(4)11-26-16(5)10-19-20(25(19,7)12-33-17(6)28)18(22(26)30)9-14(3)21(29)27(23,26)32/h8-9,11,16,18-21,23,29,32H,10,12H2,1-7H3/b13-8-/t16-,18+,19-,20+,21-,23+,25-,26+,27+/m1/s1. The van der Waals surface area contributed by atoms with Crippen LogP contribution >= 0.6 is 0 Å². The van der Waals surface area contributed by atoms with Crippen molar-refractivity contribution in [3.8, 4) is 0 Å². The van der Waals surface area contributed by atoms with Crippen molar-refractivity contribution in [3.63, 3.8) is 0 Å². The SMILES string of the molecule is C/C=C(/C)C(=O)O[C@H]1C(C)=C[C@]23C(=O)[C@@H](C=C(C)[C@@H](O)[C@]12O)[C@H]1[C@@H](C[C@H]3C)[C@@]1(C)COC(C)=O. The Labute approximate surface area is 200 Å². The van der Waals surface area contributed by atoms with Crippen LogP contribution in [0, 0.1) is 34.5 Å². The van der Waals surface area contributed by atoms with Crippen LogP contribution in [0.15, 0.2) is 34.9 Å². The molecule has 0 aliphatic heterocycles. The smallest absolute Gasteiger partial charge is 0.334 e. The summed E-state index contributed by atoms with van der Waals surface area (Å²) in [4.78, 5) is 38.5. The summed E-state index contributed by atoms with van der Waals surface area (Å²) in [7, 11) is 0. The normalized spacial score (nSPS) is 45.2. The topological polar surface area (TPSA) is 110 Å². The van der Waals surface area contributed by atoms with Crippen molar-refractivity contribution in [1.29, 1.82) is 0 Å². The maximum Gasteiger partial charge on any atom is 0.334 e. The number of fused-ring (bicyclic) bond motifs is 3. The van der Waals surface area contributed by atoms with Crippen molar-refractivity contribution >= 4 is 17.7 Å².